The molecule has 0 saturated heterocycles. The van der Waals surface area contributed by atoms with Gasteiger partial charge < -0.3 is 25.4 Å². The Bertz CT molecular complexity index is 969. The van der Waals surface area contributed by atoms with E-state index in [1.807, 2.05) is 0 Å². The molecule has 0 aliphatic heterocycles. The molecule has 10 nitrogen and oxygen atoms in total. The molecule has 2 rings (SSSR count). The zero-order chi connectivity index (χ0) is 23.6. The van der Waals surface area contributed by atoms with Gasteiger partial charge in [-0.3, -0.25) is 9.35 Å². The van der Waals surface area contributed by atoms with E-state index >= 15 is 0 Å². The van der Waals surface area contributed by atoms with Crippen LogP contribution in [0.1, 0.15) is 22.8 Å². The zero-order valence-corrected chi connectivity index (χ0v) is 17.8. The molecule has 0 aliphatic carbocycles. The van der Waals surface area contributed by atoms with Crippen molar-refractivity contribution >= 4 is 22.1 Å². The van der Waals surface area contributed by atoms with E-state index in [0.29, 0.717) is 17.4 Å². The molecule has 0 fully saturated rings. The molecule has 0 bridgehead atoms. The number of benzene rings is 2. The summed E-state index contributed by atoms with van der Waals surface area (Å²) in [5.41, 5.74) is 6.78. The normalized spacial score (nSPS) is 12.6. The molecule has 170 valence electrons. The summed E-state index contributed by atoms with van der Waals surface area (Å²) in [4.78, 5) is 23.9. The third-order valence-corrected chi connectivity index (χ3v) is 3.58. The number of ether oxygens (including phenoxy) is 2. The molecule has 0 amide bonds. The van der Waals surface area contributed by atoms with Crippen LogP contribution in [0.2, 0.25) is 0 Å². The van der Waals surface area contributed by atoms with Gasteiger partial charge in [0, 0.05) is 0 Å². The number of carbonyl (C=O) groups excluding carboxylic acids is 2. The van der Waals surface area contributed by atoms with E-state index in [9.17, 15) is 28.2 Å². The van der Waals surface area contributed by atoms with Gasteiger partial charge in [-0.1, -0.05) is 24.3 Å². The maximum Gasteiger partial charge on any atom is 0.338 e. The number of esters is 2. The smallest absolute Gasteiger partial charge is 0.338 e. The monoisotopic (exact) mass is 455 g/mol. The molecule has 0 heterocycles. The Balaban J connectivity index is 0.000000861. The lowest BCUT2D eigenvalue weighted by atomic mass is 10.1. The van der Waals surface area contributed by atoms with E-state index < -0.39 is 34.2 Å². The SMILES string of the molecule is CC(COC(=O)[C@@H](N)Cc1ccc(O)c(O)c1)OC(=O)c1ccccc1.CS(=O)(=O)O. The number of phenols is 2. The van der Waals surface area contributed by atoms with E-state index in [0.717, 1.165) is 0 Å². The molecule has 0 aliphatic rings. The van der Waals surface area contributed by atoms with Gasteiger partial charge in [0.25, 0.3) is 10.1 Å². The van der Waals surface area contributed by atoms with Crippen LogP contribution in [0.3, 0.4) is 0 Å². The highest BCUT2D eigenvalue weighted by Gasteiger charge is 2.19. The topological polar surface area (TPSA) is 173 Å². The molecule has 11 heteroatoms. The van der Waals surface area contributed by atoms with Crippen molar-refractivity contribution in [3.63, 3.8) is 0 Å². The summed E-state index contributed by atoms with van der Waals surface area (Å²) >= 11 is 0. The molecule has 0 saturated carbocycles. The number of aromatic hydroxyl groups is 2. The minimum absolute atomic E-state index is 0.119. The average molecular weight is 455 g/mol. The molecular weight excluding hydrogens is 430 g/mol. The lowest BCUT2D eigenvalue weighted by Crippen LogP contribution is -2.36. The summed E-state index contributed by atoms with van der Waals surface area (Å²) in [6.07, 6.45) is 0.217. The van der Waals surface area contributed by atoms with E-state index in [1.165, 1.54) is 12.1 Å². The fraction of sp³-hybridized carbons (Fsp3) is 0.300. The Labute approximate surface area is 180 Å². The largest absolute Gasteiger partial charge is 0.504 e. The van der Waals surface area contributed by atoms with Crippen LogP contribution in [0.4, 0.5) is 0 Å². The summed E-state index contributed by atoms with van der Waals surface area (Å²) in [6, 6.07) is 11.7. The van der Waals surface area contributed by atoms with Crippen molar-refractivity contribution in [1.29, 1.82) is 0 Å². The molecule has 2 aromatic carbocycles. The number of phenolic OH excluding ortho intramolecular Hbond substituents is 2. The highest BCUT2D eigenvalue weighted by atomic mass is 32.2. The Morgan fingerprint density at radius 2 is 1.65 bits per heavy atom. The Hall–Kier alpha value is -3.15. The predicted molar refractivity (Wildman–Crippen MR) is 111 cm³/mol. The van der Waals surface area contributed by atoms with Crippen molar-refractivity contribution < 1.29 is 42.2 Å². The van der Waals surface area contributed by atoms with Crippen LogP contribution in [-0.4, -0.2) is 60.1 Å². The second-order valence-corrected chi connectivity index (χ2v) is 8.04. The van der Waals surface area contributed by atoms with Gasteiger partial charge in [0.15, 0.2) is 11.5 Å². The highest BCUT2D eigenvalue weighted by Crippen LogP contribution is 2.25. The van der Waals surface area contributed by atoms with Gasteiger partial charge in [-0.15, -0.1) is 0 Å². The quantitative estimate of drug-likeness (QED) is 0.270. The van der Waals surface area contributed by atoms with Crippen molar-refractivity contribution in [2.24, 2.45) is 5.73 Å². The number of hydrogen-bond donors (Lipinski definition) is 4. The summed E-state index contributed by atoms with van der Waals surface area (Å²) in [5, 5.41) is 18.7. The lowest BCUT2D eigenvalue weighted by molar-refractivity contribution is -0.148. The van der Waals surface area contributed by atoms with Gasteiger partial charge in [0.2, 0.25) is 0 Å². The van der Waals surface area contributed by atoms with Crippen molar-refractivity contribution in [3.05, 3.63) is 59.7 Å². The molecule has 0 spiro atoms. The summed E-state index contributed by atoms with van der Waals surface area (Å²) in [5.74, 6) is -1.69. The van der Waals surface area contributed by atoms with Gasteiger partial charge in [-0.2, -0.15) is 8.42 Å². The molecule has 0 aromatic heterocycles. The van der Waals surface area contributed by atoms with Crippen LogP contribution in [0.25, 0.3) is 0 Å². The maximum absolute atomic E-state index is 12.0. The van der Waals surface area contributed by atoms with Crippen LogP contribution in [0.15, 0.2) is 48.5 Å². The molecule has 1 unspecified atom stereocenters. The van der Waals surface area contributed by atoms with E-state index in [2.05, 4.69) is 0 Å². The van der Waals surface area contributed by atoms with Crippen LogP contribution in [-0.2, 0) is 30.8 Å². The fourth-order valence-electron chi connectivity index (χ4n) is 2.20. The molecule has 5 N–H and O–H groups in total. The van der Waals surface area contributed by atoms with Crippen molar-refractivity contribution in [2.75, 3.05) is 12.9 Å². The van der Waals surface area contributed by atoms with Gasteiger partial charge >= 0.3 is 11.9 Å². The van der Waals surface area contributed by atoms with Crippen LogP contribution in [0.5, 0.6) is 11.5 Å². The third kappa shape index (κ3) is 11.0. The van der Waals surface area contributed by atoms with Gasteiger partial charge in [0.05, 0.1) is 11.8 Å². The minimum atomic E-state index is -3.67. The highest BCUT2D eigenvalue weighted by molar-refractivity contribution is 7.85. The Kier molecular flexibility index (Phi) is 9.93. The first kappa shape index (κ1) is 25.9. The Morgan fingerprint density at radius 3 is 2.19 bits per heavy atom. The van der Waals surface area contributed by atoms with Crippen LogP contribution in [0, 0.1) is 0 Å². The lowest BCUT2D eigenvalue weighted by Gasteiger charge is -2.16. The molecule has 0 radical (unpaired) electrons. The van der Waals surface area contributed by atoms with Gasteiger partial charge in [0.1, 0.15) is 18.8 Å². The van der Waals surface area contributed by atoms with Gasteiger partial charge in [-0.25, -0.2) is 4.79 Å². The second-order valence-electron chi connectivity index (χ2n) is 6.58. The Morgan fingerprint density at radius 1 is 1.06 bits per heavy atom. The van der Waals surface area contributed by atoms with Crippen molar-refractivity contribution in [1.82, 2.24) is 0 Å². The second kappa shape index (κ2) is 11.9. The first-order valence-electron chi connectivity index (χ1n) is 8.98. The number of carbonyl (C=O) groups is 2. The van der Waals surface area contributed by atoms with E-state index in [1.54, 1.807) is 43.3 Å². The summed E-state index contributed by atoms with van der Waals surface area (Å²) in [7, 11) is -3.67. The molecule has 2 atom stereocenters. The first-order chi connectivity index (χ1) is 14.4. The number of rotatable bonds is 7. The number of nitrogens with two attached hydrogens (primary N) is 1. The van der Waals surface area contributed by atoms with Crippen molar-refractivity contribution in [2.45, 2.75) is 25.5 Å². The average Bonchev–Trinajstić information content (AvgIpc) is 2.68. The molecule has 2 aromatic rings. The molecular formula is C20H25NO9S. The fourth-order valence-corrected chi connectivity index (χ4v) is 2.20. The van der Waals surface area contributed by atoms with Crippen LogP contribution < -0.4 is 5.73 Å². The summed E-state index contributed by atoms with van der Waals surface area (Å²) in [6.45, 7) is 1.49. The minimum Gasteiger partial charge on any atom is -0.504 e. The maximum atomic E-state index is 12.0. The van der Waals surface area contributed by atoms with E-state index in [-0.39, 0.29) is 24.5 Å². The van der Waals surface area contributed by atoms with Crippen molar-refractivity contribution in [3.8, 4) is 11.5 Å². The first-order valence-corrected chi connectivity index (χ1v) is 10.8. The van der Waals surface area contributed by atoms with Crippen LogP contribution >= 0.6 is 0 Å². The zero-order valence-electron chi connectivity index (χ0n) is 17.0. The third-order valence-electron chi connectivity index (χ3n) is 3.58. The van der Waals surface area contributed by atoms with Gasteiger partial charge in [-0.05, 0) is 43.2 Å². The summed E-state index contributed by atoms with van der Waals surface area (Å²) < 4.78 is 36.1. The number of hydrogen-bond acceptors (Lipinski definition) is 9. The standard InChI is InChI=1S/C19H21NO6.CH4O3S/c1-12(26-18(23)14-5-3-2-4-6-14)11-25-19(24)15(20)9-13-7-8-16(21)17(22)10-13;1-5(2,3)4/h2-8,10,12,15,21-22H,9,11,20H2,1H3;1H3,(H,2,3,4)/t12?,15-;/m0./s1. The molecule has 31 heavy (non-hydrogen) atoms. The van der Waals surface area contributed by atoms with E-state index in [4.69, 9.17) is 19.8 Å². The predicted octanol–water partition coefficient (Wildman–Crippen LogP) is 1.26.